The number of nitrogens with zero attached hydrogens (tertiary/aromatic N) is 1. The number of fused-ring (bicyclic) bond motifs is 1. The van der Waals surface area contributed by atoms with Crippen LogP contribution in [0.3, 0.4) is 0 Å². The second-order valence-corrected chi connectivity index (χ2v) is 8.53. The van der Waals surface area contributed by atoms with Crippen molar-refractivity contribution >= 4 is 40.0 Å². The lowest BCUT2D eigenvalue weighted by molar-refractivity contribution is 0.0977. The number of amides is 1. The van der Waals surface area contributed by atoms with Crippen LogP contribution in [0.4, 0.5) is 5.69 Å². The number of aryl methyl sites for hydroxylation is 2. The summed E-state index contributed by atoms with van der Waals surface area (Å²) in [7, 11) is 0. The monoisotopic (exact) mass is 459 g/mol. The maximum absolute atomic E-state index is 12.7. The molecule has 1 heterocycles. The van der Waals surface area contributed by atoms with E-state index in [0.29, 0.717) is 17.2 Å². The zero-order chi connectivity index (χ0) is 23.5. The van der Waals surface area contributed by atoms with Crippen LogP contribution in [0.25, 0.3) is 22.6 Å². The Balaban J connectivity index is 1.49. The Kier molecular flexibility index (Phi) is 6.42. The van der Waals surface area contributed by atoms with Crippen molar-refractivity contribution in [3.8, 4) is 17.2 Å². The SMILES string of the molecule is Cc1ccc2oc(-c3ccc(C)c(NC(=S)NC(=O)c4cccc(OC(C)C)c4)c3)nc2c1. The van der Waals surface area contributed by atoms with Gasteiger partial charge in [0, 0.05) is 16.8 Å². The van der Waals surface area contributed by atoms with Gasteiger partial charge >= 0.3 is 0 Å². The van der Waals surface area contributed by atoms with E-state index in [1.54, 1.807) is 18.2 Å². The summed E-state index contributed by atoms with van der Waals surface area (Å²) in [6.07, 6.45) is 0.0200. The molecule has 3 aromatic carbocycles. The first kappa shape index (κ1) is 22.5. The first-order valence-corrected chi connectivity index (χ1v) is 11.1. The van der Waals surface area contributed by atoms with E-state index in [2.05, 4.69) is 15.6 Å². The van der Waals surface area contributed by atoms with Gasteiger partial charge < -0.3 is 14.5 Å². The number of nitrogens with one attached hydrogen (secondary N) is 2. The number of carbonyl (C=O) groups is 1. The molecule has 0 fully saturated rings. The second-order valence-electron chi connectivity index (χ2n) is 8.12. The highest BCUT2D eigenvalue weighted by Crippen LogP contribution is 2.28. The van der Waals surface area contributed by atoms with Crippen LogP contribution in [0.5, 0.6) is 5.75 Å². The normalized spacial score (nSPS) is 10.9. The molecule has 0 saturated carbocycles. The lowest BCUT2D eigenvalue weighted by Crippen LogP contribution is -2.34. The van der Waals surface area contributed by atoms with Gasteiger partial charge in [-0.25, -0.2) is 4.98 Å². The van der Waals surface area contributed by atoms with Crippen molar-refractivity contribution in [3.05, 3.63) is 77.4 Å². The number of benzene rings is 3. The largest absolute Gasteiger partial charge is 0.491 e. The number of carbonyl (C=O) groups excluding carboxylic acids is 1. The van der Waals surface area contributed by atoms with Crippen LogP contribution in [0.15, 0.2) is 65.1 Å². The molecule has 0 radical (unpaired) electrons. The predicted molar refractivity (Wildman–Crippen MR) is 135 cm³/mol. The van der Waals surface area contributed by atoms with Crippen molar-refractivity contribution in [2.45, 2.75) is 33.8 Å². The highest BCUT2D eigenvalue weighted by Gasteiger charge is 2.13. The minimum Gasteiger partial charge on any atom is -0.491 e. The molecule has 168 valence electrons. The summed E-state index contributed by atoms with van der Waals surface area (Å²) >= 11 is 5.39. The molecule has 0 saturated heterocycles. The molecule has 0 aliphatic rings. The molecule has 33 heavy (non-hydrogen) atoms. The summed E-state index contributed by atoms with van der Waals surface area (Å²) in [4.78, 5) is 17.3. The van der Waals surface area contributed by atoms with Crippen molar-refractivity contribution in [2.24, 2.45) is 0 Å². The number of oxazole rings is 1. The number of aromatic nitrogens is 1. The molecule has 0 unspecified atom stereocenters. The van der Waals surface area contributed by atoms with Gasteiger partial charge in [0.2, 0.25) is 5.89 Å². The number of hydrogen-bond donors (Lipinski definition) is 2. The lowest BCUT2D eigenvalue weighted by Gasteiger charge is -2.14. The standard InChI is InChI=1S/C26H25N3O3S/c1-15(2)31-20-7-5-6-18(13-20)24(30)29-26(33)28-21-14-19(10-9-17(21)4)25-27-22-12-16(3)8-11-23(22)32-25/h5-15H,1-4H3,(H2,28,29,30,33). The summed E-state index contributed by atoms with van der Waals surface area (Å²) in [5.74, 6) is 0.842. The van der Waals surface area contributed by atoms with Crippen molar-refractivity contribution in [2.75, 3.05) is 5.32 Å². The minimum atomic E-state index is -0.315. The van der Waals surface area contributed by atoms with E-state index < -0.39 is 0 Å². The van der Waals surface area contributed by atoms with Gasteiger partial charge in [-0.05, 0) is 93.5 Å². The molecular formula is C26H25N3O3S. The van der Waals surface area contributed by atoms with E-state index in [4.69, 9.17) is 21.4 Å². The zero-order valence-electron chi connectivity index (χ0n) is 18.9. The van der Waals surface area contributed by atoms with E-state index in [1.165, 1.54) is 0 Å². The second kappa shape index (κ2) is 9.42. The van der Waals surface area contributed by atoms with Crippen LogP contribution >= 0.6 is 12.2 Å². The number of ether oxygens (including phenoxy) is 1. The minimum absolute atomic E-state index is 0.0200. The summed E-state index contributed by atoms with van der Waals surface area (Å²) in [6.45, 7) is 7.84. The lowest BCUT2D eigenvalue weighted by atomic mass is 10.1. The summed E-state index contributed by atoms with van der Waals surface area (Å²) in [6, 6.07) is 18.7. The molecule has 0 spiro atoms. The maximum Gasteiger partial charge on any atom is 0.257 e. The van der Waals surface area contributed by atoms with Crippen LogP contribution in [0.2, 0.25) is 0 Å². The fraction of sp³-hybridized carbons (Fsp3) is 0.192. The van der Waals surface area contributed by atoms with Crippen LogP contribution in [0, 0.1) is 13.8 Å². The van der Waals surface area contributed by atoms with Gasteiger partial charge in [0.25, 0.3) is 5.91 Å². The molecule has 0 aliphatic heterocycles. The first-order chi connectivity index (χ1) is 15.8. The Bertz CT molecular complexity index is 1340. The Morgan fingerprint density at radius 3 is 2.67 bits per heavy atom. The Hall–Kier alpha value is -3.71. The molecule has 6 nitrogen and oxygen atoms in total. The van der Waals surface area contributed by atoms with Crippen LogP contribution in [-0.2, 0) is 0 Å². The predicted octanol–water partition coefficient (Wildman–Crippen LogP) is 6.03. The highest BCUT2D eigenvalue weighted by molar-refractivity contribution is 7.80. The van der Waals surface area contributed by atoms with Gasteiger partial charge in [-0.3, -0.25) is 10.1 Å². The van der Waals surface area contributed by atoms with E-state index >= 15 is 0 Å². The van der Waals surface area contributed by atoms with Crippen LogP contribution < -0.4 is 15.4 Å². The number of rotatable bonds is 5. The molecular weight excluding hydrogens is 434 g/mol. The third kappa shape index (κ3) is 5.38. The third-order valence-electron chi connectivity index (χ3n) is 4.97. The molecule has 7 heteroatoms. The first-order valence-electron chi connectivity index (χ1n) is 10.7. The van der Waals surface area contributed by atoms with Crippen molar-refractivity contribution in [1.82, 2.24) is 10.3 Å². The van der Waals surface area contributed by atoms with Gasteiger partial charge in [-0.2, -0.15) is 0 Å². The molecule has 0 bridgehead atoms. The summed E-state index contributed by atoms with van der Waals surface area (Å²) in [5, 5.41) is 6.03. The quantitative estimate of drug-likeness (QED) is 0.355. The van der Waals surface area contributed by atoms with E-state index in [0.717, 1.165) is 33.5 Å². The van der Waals surface area contributed by atoms with Gasteiger partial charge in [-0.1, -0.05) is 18.2 Å². The summed E-state index contributed by atoms with van der Waals surface area (Å²) in [5.41, 5.74) is 5.66. The Labute approximate surface area is 198 Å². The average Bonchev–Trinajstić information content (AvgIpc) is 3.18. The topological polar surface area (TPSA) is 76.4 Å². The van der Waals surface area contributed by atoms with E-state index in [1.807, 2.05) is 70.2 Å². The Morgan fingerprint density at radius 1 is 1.06 bits per heavy atom. The molecule has 4 rings (SSSR count). The number of thiocarbonyl (C=S) groups is 1. The molecule has 0 aliphatic carbocycles. The van der Waals surface area contributed by atoms with E-state index in [-0.39, 0.29) is 17.1 Å². The number of anilines is 1. The fourth-order valence-corrected chi connectivity index (χ4v) is 3.56. The molecule has 2 N–H and O–H groups in total. The average molecular weight is 460 g/mol. The van der Waals surface area contributed by atoms with Gasteiger partial charge in [0.1, 0.15) is 11.3 Å². The van der Waals surface area contributed by atoms with E-state index in [9.17, 15) is 4.79 Å². The zero-order valence-corrected chi connectivity index (χ0v) is 19.7. The molecule has 1 amide bonds. The molecule has 4 aromatic rings. The van der Waals surface area contributed by atoms with Crippen molar-refractivity contribution < 1.29 is 13.9 Å². The maximum atomic E-state index is 12.7. The fourth-order valence-electron chi connectivity index (χ4n) is 3.36. The number of hydrogen-bond acceptors (Lipinski definition) is 5. The van der Waals surface area contributed by atoms with Gasteiger partial charge in [-0.15, -0.1) is 0 Å². The van der Waals surface area contributed by atoms with Gasteiger partial charge in [0.05, 0.1) is 6.10 Å². The van der Waals surface area contributed by atoms with Crippen LogP contribution in [-0.4, -0.2) is 22.1 Å². The smallest absolute Gasteiger partial charge is 0.257 e. The molecule has 0 atom stereocenters. The van der Waals surface area contributed by atoms with Gasteiger partial charge in [0.15, 0.2) is 10.7 Å². The summed E-state index contributed by atoms with van der Waals surface area (Å²) < 4.78 is 11.6. The molecule has 1 aromatic heterocycles. The van der Waals surface area contributed by atoms with Crippen molar-refractivity contribution in [1.29, 1.82) is 0 Å². The third-order valence-corrected chi connectivity index (χ3v) is 5.17. The Morgan fingerprint density at radius 2 is 1.88 bits per heavy atom. The van der Waals surface area contributed by atoms with Crippen LogP contribution in [0.1, 0.15) is 35.3 Å². The highest BCUT2D eigenvalue weighted by atomic mass is 32.1. The van der Waals surface area contributed by atoms with Crippen molar-refractivity contribution in [3.63, 3.8) is 0 Å².